The van der Waals surface area contributed by atoms with Gasteiger partial charge in [0.25, 0.3) is 0 Å². The molecular formula is C16H14FN5OS. The van der Waals surface area contributed by atoms with E-state index < -0.39 is 0 Å². The van der Waals surface area contributed by atoms with Gasteiger partial charge in [-0.1, -0.05) is 30.0 Å². The Bertz CT molecular complexity index is 850. The van der Waals surface area contributed by atoms with Gasteiger partial charge in [-0.3, -0.25) is 4.79 Å². The van der Waals surface area contributed by atoms with Crippen LogP contribution in [0.2, 0.25) is 0 Å². The van der Waals surface area contributed by atoms with Gasteiger partial charge >= 0.3 is 0 Å². The molecule has 0 spiro atoms. The van der Waals surface area contributed by atoms with Gasteiger partial charge in [0.05, 0.1) is 11.4 Å². The Morgan fingerprint density at radius 1 is 1.21 bits per heavy atom. The molecule has 2 aromatic carbocycles. The van der Waals surface area contributed by atoms with Crippen LogP contribution >= 0.6 is 11.8 Å². The van der Waals surface area contributed by atoms with Crippen molar-refractivity contribution in [1.82, 2.24) is 20.2 Å². The summed E-state index contributed by atoms with van der Waals surface area (Å²) in [6, 6.07) is 13.3. The van der Waals surface area contributed by atoms with Crippen molar-refractivity contribution < 1.29 is 9.18 Å². The van der Waals surface area contributed by atoms with E-state index in [4.69, 9.17) is 0 Å². The highest BCUT2D eigenvalue weighted by Crippen LogP contribution is 2.20. The van der Waals surface area contributed by atoms with Crippen LogP contribution in [0.4, 0.5) is 10.1 Å². The number of nitrogens with zero attached hydrogens (tertiary/aromatic N) is 4. The van der Waals surface area contributed by atoms with Gasteiger partial charge in [0.2, 0.25) is 11.1 Å². The highest BCUT2D eigenvalue weighted by atomic mass is 32.2. The van der Waals surface area contributed by atoms with E-state index >= 15 is 0 Å². The van der Waals surface area contributed by atoms with Gasteiger partial charge in [0, 0.05) is 5.69 Å². The third-order valence-electron chi connectivity index (χ3n) is 3.24. The molecule has 6 nitrogen and oxygen atoms in total. The van der Waals surface area contributed by atoms with Gasteiger partial charge in [-0.2, -0.15) is 4.68 Å². The van der Waals surface area contributed by atoms with Crippen LogP contribution in [0, 0.1) is 12.7 Å². The molecule has 3 rings (SSSR count). The van der Waals surface area contributed by atoms with Crippen LogP contribution in [0.15, 0.2) is 53.7 Å². The van der Waals surface area contributed by atoms with Crippen LogP contribution in [-0.4, -0.2) is 31.9 Å². The normalized spacial score (nSPS) is 10.6. The molecule has 0 fully saturated rings. The average Bonchev–Trinajstić information content (AvgIpc) is 3.04. The number of hydrogen-bond acceptors (Lipinski definition) is 5. The maximum atomic E-state index is 12.9. The van der Waals surface area contributed by atoms with E-state index in [2.05, 4.69) is 20.8 Å². The highest BCUT2D eigenvalue weighted by Gasteiger charge is 2.13. The van der Waals surface area contributed by atoms with E-state index in [0.717, 1.165) is 11.3 Å². The summed E-state index contributed by atoms with van der Waals surface area (Å²) in [5.41, 5.74) is 2.44. The number of hydrogen-bond donors (Lipinski definition) is 1. The van der Waals surface area contributed by atoms with Crippen molar-refractivity contribution in [3.05, 3.63) is 59.9 Å². The fourth-order valence-corrected chi connectivity index (χ4v) is 2.77. The number of carbonyl (C=O) groups is 1. The largest absolute Gasteiger partial charge is 0.325 e. The van der Waals surface area contributed by atoms with Crippen LogP contribution in [0.1, 0.15) is 5.56 Å². The fourth-order valence-electron chi connectivity index (χ4n) is 2.08. The summed E-state index contributed by atoms with van der Waals surface area (Å²) in [7, 11) is 0. The summed E-state index contributed by atoms with van der Waals surface area (Å²) >= 11 is 1.23. The highest BCUT2D eigenvalue weighted by molar-refractivity contribution is 7.99. The molecule has 122 valence electrons. The Kier molecular flexibility index (Phi) is 4.85. The second-order valence-corrected chi connectivity index (χ2v) is 5.95. The molecule has 1 amide bonds. The quantitative estimate of drug-likeness (QED) is 0.721. The van der Waals surface area contributed by atoms with Crippen molar-refractivity contribution in [3.63, 3.8) is 0 Å². The summed E-state index contributed by atoms with van der Waals surface area (Å²) in [5, 5.41) is 14.8. The number of para-hydroxylation sites is 1. The lowest BCUT2D eigenvalue weighted by Gasteiger charge is -2.07. The number of amides is 1. The number of tetrazole rings is 1. The lowest BCUT2D eigenvalue weighted by Crippen LogP contribution is -2.14. The molecule has 0 aliphatic carbocycles. The molecule has 24 heavy (non-hydrogen) atoms. The van der Waals surface area contributed by atoms with Gasteiger partial charge < -0.3 is 5.32 Å². The van der Waals surface area contributed by atoms with Crippen molar-refractivity contribution in [1.29, 1.82) is 0 Å². The summed E-state index contributed by atoms with van der Waals surface area (Å²) in [6.45, 7) is 1.96. The van der Waals surface area contributed by atoms with Gasteiger partial charge in [0.1, 0.15) is 5.82 Å². The van der Waals surface area contributed by atoms with Crippen LogP contribution < -0.4 is 5.32 Å². The minimum Gasteiger partial charge on any atom is -0.325 e. The number of nitrogens with one attached hydrogen (secondary N) is 1. The molecule has 8 heteroatoms. The molecule has 0 unspecified atom stereocenters. The van der Waals surface area contributed by atoms with Gasteiger partial charge in [0.15, 0.2) is 0 Å². The lowest BCUT2D eigenvalue weighted by molar-refractivity contribution is -0.113. The zero-order valence-electron chi connectivity index (χ0n) is 12.8. The van der Waals surface area contributed by atoms with E-state index in [-0.39, 0.29) is 17.5 Å². The Labute approximate surface area is 142 Å². The molecule has 0 atom stereocenters. The van der Waals surface area contributed by atoms with Crippen molar-refractivity contribution in [3.8, 4) is 5.69 Å². The average molecular weight is 343 g/mol. The van der Waals surface area contributed by atoms with Gasteiger partial charge in [-0.15, -0.1) is 5.10 Å². The number of thioether (sulfide) groups is 1. The molecule has 0 aliphatic rings. The van der Waals surface area contributed by atoms with Crippen molar-refractivity contribution in [2.24, 2.45) is 0 Å². The first-order valence-corrected chi connectivity index (χ1v) is 8.14. The topological polar surface area (TPSA) is 72.7 Å². The molecule has 1 N–H and O–H groups in total. The summed E-state index contributed by atoms with van der Waals surface area (Å²) in [6.07, 6.45) is 0. The molecule has 1 heterocycles. The Morgan fingerprint density at radius 2 is 1.96 bits per heavy atom. The first-order chi connectivity index (χ1) is 11.6. The van der Waals surface area contributed by atoms with Gasteiger partial charge in [-0.25, -0.2) is 4.39 Å². The number of halogens is 1. The van der Waals surface area contributed by atoms with E-state index in [0.29, 0.717) is 10.8 Å². The fraction of sp³-hybridized carbons (Fsp3) is 0.125. The predicted octanol–water partition coefficient (Wildman–Crippen LogP) is 2.84. The molecule has 1 aromatic heterocycles. The third-order valence-corrected chi connectivity index (χ3v) is 4.16. The number of benzene rings is 2. The van der Waals surface area contributed by atoms with Crippen LogP contribution in [0.25, 0.3) is 5.69 Å². The summed E-state index contributed by atoms with van der Waals surface area (Å²) in [4.78, 5) is 12.0. The molecule has 0 bridgehead atoms. The molecule has 0 saturated carbocycles. The third kappa shape index (κ3) is 3.77. The standard InChI is InChI=1S/C16H14FN5OS/c1-11-4-2-3-5-14(11)22-16(19-20-21-22)24-10-15(23)18-13-8-6-12(17)7-9-13/h2-9H,10H2,1H3,(H,18,23). The predicted molar refractivity (Wildman–Crippen MR) is 89.6 cm³/mol. The Balaban J connectivity index is 1.65. The number of anilines is 1. The van der Waals surface area contributed by atoms with Crippen LogP contribution in [0.3, 0.4) is 0 Å². The molecule has 0 aliphatic heterocycles. The number of aromatic nitrogens is 4. The molecular weight excluding hydrogens is 329 g/mol. The first-order valence-electron chi connectivity index (χ1n) is 7.16. The number of carbonyl (C=O) groups excluding carboxylic acids is 1. The van der Waals surface area contributed by atoms with Gasteiger partial charge in [-0.05, 0) is 53.2 Å². The number of rotatable bonds is 5. The maximum absolute atomic E-state index is 12.9. The van der Waals surface area contributed by atoms with E-state index in [9.17, 15) is 9.18 Å². The first kappa shape index (κ1) is 16.1. The molecule has 3 aromatic rings. The maximum Gasteiger partial charge on any atom is 0.234 e. The molecule has 0 radical (unpaired) electrons. The van der Waals surface area contributed by atoms with E-state index in [1.165, 1.54) is 36.0 Å². The minimum atomic E-state index is -0.347. The summed E-state index contributed by atoms with van der Waals surface area (Å²) in [5.74, 6) is -0.422. The second-order valence-electron chi connectivity index (χ2n) is 5.00. The SMILES string of the molecule is Cc1ccccc1-n1nnnc1SCC(=O)Nc1ccc(F)cc1. The summed E-state index contributed by atoms with van der Waals surface area (Å²) < 4.78 is 14.5. The molecule has 0 saturated heterocycles. The smallest absolute Gasteiger partial charge is 0.234 e. The van der Waals surface area contributed by atoms with Crippen molar-refractivity contribution in [2.45, 2.75) is 12.1 Å². The lowest BCUT2D eigenvalue weighted by atomic mass is 10.2. The zero-order chi connectivity index (χ0) is 16.9. The Hall–Kier alpha value is -2.74. The second kappa shape index (κ2) is 7.22. The number of aryl methyl sites for hydroxylation is 1. The minimum absolute atomic E-state index is 0.142. The van der Waals surface area contributed by atoms with Crippen LogP contribution in [-0.2, 0) is 4.79 Å². The Morgan fingerprint density at radius 3 is 2.71 bits per heavy atom. The zero-order valence-corrected chi connectivity index (χ0v) is 13.6. The van der Waals surface area contributed by atoms with E-state index in [1.807, 2.05) is 31.2 Å². The van der Waals surface area contributed by atoms with Crippen LogP contribution in [0.5, 0.6) is 0 Å². The van der Waals surface area contributed by atoms with Crippen molar-refractivity contribution >= 4 is 23.4 Å². The van der Waals surface area contributed by atoms with E-state index in [1.54, 1.807) is 4.68 Å². The monoisotopic (exact) mass is 343 g/mol. The van der Waals surface area contributed by atoms with Crippen molar-refractivity contribution in [2.75, 3.05) is 11.1 Å².